The number of rotatable bonds is 4. The predicted octanol–water partition coefficient (Wildman–Crippen LogP) is 1.28. The first-order chi connectivity index (χ1) is 6.59. The average Bonchev–Trinajstić information content (AvgIpc) is 2.08. The number of halogens is 1. The molecule has 0 fully saturated rings. The third-order valence-corrected chi connectivity index (χ3v) is 2.47. The van der Waals surface area contributed by atoms with Gasteiger partial charge in [-0.15, -0.1) is 11.8 Å². The van der Waals surface area contributed by atoms with Gasteiger partial charge in [-0.3, -0.25) is 4.79 Å². The lowest BCUT2D eigenvalue weighted by Crippen LogP contribution is -1.99. The molecule has 0 atom stereocenters. The molecule has 0 aliphatic rings. The summed E-state index contributed by atoms with van der Waals surface area (Å²) in [6.07, 6.45) is 1.44. The molecule has 0 saturated heterocycles. The van der Waals surface area contributed by atoms with Crippen molar-refractivity contribution in [1.82, 2.24) is 9.97 Å². The molecule has 0 aromatic carbocycles. The lowest BCUT2D eigenvalue weighted by Gasteiger charge is -2.01. The van der Waals surface area contributed by atoms with Crippen molar-refractivity contribution >= 4 is 35.1 Å². The van der Waals surface area contributed by atoms with Gasteiger partial charge in [0.05, 0.1) is 12.6 Å². The third-order valence-electron chi connectivity index (χ3n) is 1.29. The SMILES string of the molecule is Nc1nc(Cl)cnc1SCCC(=O)O. The third kappa shape index (κ3) is 3.39. The minimum Gasteiger partial charge on any atom is -0.481 e. The average molecular weight is 234 g/mol. The molecule has 1 aromatic rings. The second kappa shape index (κ2) is 5.02. The van der Waals surface area contributed by atoms with Gasteiger partial charge in [-0.05, 0) is 0 Å². The molecule has 0 saturated carbocycles. The maximum Gasteiger partial charge on any atom is 0.304 e. The lowest BCUT2D eigenvalue weighted by molar-refractivity contribution is -0.136. The van der Waals surface area contributed by atoms with Crippen LogP contribution in [-0.4, -0.2) is 26.8 Å². The zero-order chi connectivity index (χ0) is 10.6. The topological polar surface area (TPSA) is 89.1 Å². The smallest absolute Gasteiger partial charge is 0.304 e. The van der Waals surface area contributed by atoms with Gasteiger partial charge in [0.1, 0.15) is 10.2 Å². The van der Waals surface area contributed by atoms with Gasteiger partial charge >= 0.3 is 5.97 Å². The van der Waals surface area contributed by atoms with E-state index in [1.165, 1.54) is 18.0 Å². The van der Waals surface area contributed by atoms with Crippen molar-refractivity contribution in [2.75, 3.05) is 11.5 Å². The van der Waals surface area contributed by atoms with Crippen molar-refractivity contribution in [3.63, 3.8) is 0 Å². The molecule has 0 radical (unpaired) electrons. The summed E-state index contributed by atoms with van der Waals surface area (Å²) in [5.74, 6) is -0.207. The number of nitrogens with two attached hydrogens (primary N) is 1. The molecule has 0 unspecified atom stereocenters. The minimum atomic E-state index is -0.849. The molecule has 7 heteroatoms. The number of hydrogen-bond donors (Lipinski definition) is 2. The fourth-order valence-electron chi connectivity index (χ4n) is 0.716. The van der Waals surface area contributed by atoms with Crippen molar-refractivity contribution in [1.29, 1.82) is 0 Å². The zero-order valence-electron chi connectivity index (χ0n) is 7.11. The minimum absolute atomic E-state index is 0.0639. The van der Waals surface area contributed by atoms with Crippen LogP contribution in [-0.2, 0) is 4.79 Å². The highest BCUT2D eigenvalue weighted by Crippen LogP contribution is 2.22. The second-order valence-electron chi connectivity index (χ2n) is 2.38. The van der Waals surface area contributed by atoms with Crippen molar-refractivity contribution in [2.24, 2.45) is 0 Å². The van der Waals surface area contributed by atoms with E-state index in [-0.39, 0.29) is 17.4 Å². The Balaban J connectivity index is 2.55. The van der Waals surface area contributed by atoms with E-state index in [0.717, 1.165) is 0 Å². The number of anilines is 1. The molecule has 0 bridgehead atoms. The van der Waals surface area contributed by atoms with Crippen LogP contribution in [0, 0.1) is 0 Å². The number of thioether (sulfide) groups is 1. The Bertz CT molecular complexity index is 348. The van der Waals surface area contributed by atoms with Crippen LogP contribution in [0.4, 0.5) is 5.82 Å². The summed E-state index contributed by atoms with van der Waals surface area (Å²) < 4.78 is 0. The van der Waals surface area contributed by atoms with E-state index in [9.17, 15) is 4.79 Å². The number of nitrogen functional groups attached to an aromatic ring is 1. The van der Waals surface area contributed by atoms with E-state index >= 15 is 0 Å². The van der Waals surface area contributed by atoms with Crippen LogP contribution in [0.15, 0.2) is 11.2 Å². The zero-order valence-corrected chi connectivity index (χ0v) is 8.68. The van der Waals surface area contributed by atoms with Crippen LogP contribution < -0.4 is 5.73 Å². The lowest BCUT2D eigenvalue weighted by atomic mass is 10.5. The van der Waals surface area contributed by atoms with Crippen molar-refractivity contribution in [3.05, 3.63) is 11.3 Å². The molecule has 0 aliphatic carbocycles. The number of hydrogen-bond acceptors (Lipinski definition) is 5. The normalized spacial score (nSPS) is 10.1. The predicted molar refractivity (Wildman–Crippen MR) is 54.4 cm³/mol. The summed E-state index contributed by atoms with van der Waals surface area (Å²) in [5, 5.41) is 9.14. The van der Waals surface area contributed by atoms with Gasteiger partial charge in [0.25, 0.3) is 0 Å². The van der Waals surface area contributed by atoms with Gasteiger partial charge in [0.15, 0.2) is 5.82 Å². The molecular formula is C7H8ClN3O2S. The molecule has 14 heavy (non-hydrogen) atoms. The first-order valence-electron chi connectivity index (χ1n) is 3.72. The molecule has 3 N–H and O–H groups in total. The molecule has 5 nitrogen and oxygen atoms in total. The highest BCUT2D eigenvalue weighted by atomic mass is 35.5. The molecule has 1 aromatic heterocycles. The van der Waals surface area contributed by atoms with E-state index in [1.807, 2.05) is 0 Å². The number of aliphatic carboxylic acids is 1. The summed E-state index contributed by atoms with van der Waals surface area (Å²) in [5.41, 5.74) is 5.51. The summed E-state index contributed by atoms with van der Waals surface area (Å²) >= 11 is 6.79. The first kappa shape index (κ1) is 11.1. The van der Waals surface area contributed by atoms with E-state index in [4.69, 9.17) is 22.4 Å². The van der Waals surface area contributed by atoms with Gasteiger partial charge < -0.3 is 10.8 Å². The van der Waals surface area contributed by atoms with Crippen LogP contribution in [0.25, 0.3) is 0 Å². The van der Waals surface area contributed by atoms with Crippen LogP contribution in [0.3, 0.4) is 0 Å². The summed E-state index contributed by atoms with van der Waals surface area (Å²) in [6.45, 7) is 0. The van der Waals surface area contributed by atoms with Crippen LogP contribution in [0.1, 0.15) is 6.42 Å². The fraction of sp³-hybridized carbons (Fsp3) is 0.286. The standard InChI is InChI=1S/C7H8ClN3O2S/c8-4-3-10-7(6(9)11-4)14-2-1-5(12)13/h3H,1-2H2,(H2,9,11)(H,12,13). The summed E-state index contributed by atoms with van der Waals surface area (Å²) in [6, 6.07) is 0. The Kier molecular flexibility index (Phi) is 3.97. The van der Waals surface area contributed by atoms with Crippen molar-refractivity contribution < 1.29 is 9.90 Å². The van der Waals surface area contributed by atoms with E-state index in [2.05, 4.69) is 9.97 Å². The van der Waals surface area contributed by atoms with E-state index in [0.29, 0.717) is 10.8 Å². The maximum absolute atomic E-state index is 10.2. The first-order valence-corrected chi connectivity index (χ1v) is 5.08. The largest absolute Gasteiger partial charge is 0.481 e. The molecule has 0 spiro atoms. The Labute approximate surface area is 89.7 Å². The Morgan fingerprint density at radius 2 is 2.43 bits per heavy atom. The van der Waals surface area contributed by atoms with Gasteiger partial charge in [-0.2, -0.15) is 0 Å². The van der Waals surface area contributed by atoms with Gasteiger partial charge in [0.2, 0.25) is 0 Å². The number of carboxylic acids is 1. The number of aromatic nitrogens is 2. The molecule has 1 heterocycles. The molecule has 0 amide bonds. The molecular weight excluding hydrogens is 226 g/mol. The van der Waals surface area contributed by atoms with Gasteiger partial charge in [-0.25, -0.2) is 9.97 Å². The molecule has 1 rings (SSSR count). The van der Waals surface area contributed by atoms with Gasteiger partial charge in [0, 0.05) is 5.75 Å². The summed E-state index contributed by atoms with van der Waals surface area (Å²) in [7, 11) is 0. The Hall–Kier alpha value is -1.01. The monoisotopic (exact) mass is 233 g/mol. The second-order valence-corrected chi connectivity index (χ2v) is 3.85. The Morgan fingerprint density at radius 1 is 1.71 bits per heavy atom. The van der Waals surface area contributed by atoms with Crippen molar-refractivity contribution in [2.45, 2.75) is 11.4 Å². The van der Waals surface area contributed by atoms with Crippen LogP contribution in [0.2, 0.25) is 5.15 Å². The highest BCUT2D eigenvalue weighted by molar-refractivity contribution is 7.99. The van der Waals surface area contributed by atoms with Crippen molar-refractivity contribution in [3.8, 4) is 0 Å². The van der Waals surface area contributed by atoms with Gasteiger partial charge in [-0.1, -0.05) is 11.6 Å². The fourth-order valence-corrected chi connectivity index (χ4v) is 1.65. The van der Waals surface area contributed by atoms with E-state index < -0.39 is 5.97 Å². The number of nitrogens with zero attached hydrogens (tertiary/aromatic N) is 2. The van der Waals surface area contributed by atoms with Crippen LogP contribution >= 0.6 is 23.4 Å². The molecule has 0 aliphatic heterocycles. The summed E-state index contributed by atoms with van der Waals surface area (Å²) in [4.78, 5) is 17.9. The highest BCUT2D eigenvalue weighted by Gasteiger charge is 2.05. The molecule has 76 valence electrons. The maximum atomic E-state index is 10.2. The van der Waals surface area contributed by atoms with E-state index in [1.54, 1.807) is 0 Å². The Morgan fingerprint density at radius 3 is 3.00 bits per heavy atom. The quantitative estimate of drug-likeness (QED) is 0.762. The number of carboxylic acid groups (broad SMARTS) is 1. The van der Waals surface area contributed by atoms with Crippen LogP contribution in [0.5, 0.6) is 0 Å². The number of carbonyl (C=O) groups is 1.